The number of benzene rings is 1. The van der Waals surface area contributed by atoms with Crippen LogP contribution in [0.3, 0.4) is 0 Å². The highest BCUT2D eigenvalue weighted by molar-refractivity contribution is 5.66. The lowest BCUT2D eigenvalue weighted by atomic mass is 10.2. The lowest BCUT2D eigenvalue weighted by molar-refractivity contribution is -0.384. The Morgan fingerprint density at radius 1 is 1.04 bits per heavy atom. The maximum Gasteiger partial charge on any atom is 0.513 e. The van der Waals surface area contributed by atoms with Gasteiger partial charge in [-0.2, -0.15) is 5.48 Å². The minimum atomic E-state index is -0.862. The summed E-state index contributed by atoms with van der Waals surface area (Å²) in [5.41, 5.74) is 1.54. The van der Waals surface area contributed by atoms with Gasteiger partial charge in [0.1, 0.15) is 11.4 Å². The molecule has 0 aliphatic carbocycles. The summed E-state index contributed by atoms with van der Waals surface area (Å²) in [5, 5.41) is 10.5. The molecule has 0 saturated heterocycles. The van der Waals surface area contributed by atoms with E-state index in [0.717, 1.165) is 19.3 Å². The van der Waals surface area contributed by atoms with Crippen molar-refractivity contribution in [2.45, 2.75) is 52.1 Å². The molecule has 0 unspecified atom stereocenters. The van der Waals surface area contributed by atoms with Crippen molar-refractivity contribution in [1.29, 1.82) is 0 Å². The molecule has 0 bridgehead atoms. The number of nitrogens with zero attached hydrogens (tertiary/aromatic N) is 1. The highest BCUT2D eigenvalue weighted by Gasteiger charge is 2.15. The van der Waals surface area contributed by atoms with Crippen molar-refractivity contribution in [3.05, 3.63) is 34.4 Å². The standard InChI is InChI=1S/C18H26N2O8/c1-18(2,3)28-16(21)19-26-13-7-5-4-6-12-25-17(22)27-15-10-8-14(9-11-15)20(23)24/h8-11H,4-7,12-13H2,1-3H3,(H,19,21). The SMILES string of the molecule is CC(C)(C)OC(=O)NOCCCCCCOC(=O)Oc1ccc([N+](=O)[O-])cc1. The average molecular weight is 398 g/mol. The van der Waals surface area contributed by atoms with Crippen LogP contribution in [0.2, 0.25) is 0 Å². The van der Waals surface area contributed by atoms with Crippen LogP contribution in [0.1, 0.15) is 46.5 Å². The number of nitro groups is 1. The van der Waals surface area contributed by atoms with Gasteiger partial charge in [0.05, 0.1) is 18.1 Å². The van der Waals surface area contributed by atoms with Crippen molar-refractivity contribution >= 4 is 17.9 Å². The van der Waals surface area contributed by atoms with Crippen LogP contribution < -0.4 is 10.2 Å². The topological polar surface area (TPSA) is 126 Å². The fourth-order valence-corrected chi connectivity index (χ4v) is 1.96. The summed E-state index contributed by atoms with van der Waals surface area (Å²) in [6.07, 6.45) is 1.51. The molecule has 0 heterocycles. The van der Waals surface area contributed by atoms with Gasteiger partial charge in [-0.25, -0.2) is 9.59 Å². The summed E-state index contributed by atoms with van der Waals surface area (Å²) in [4.78, 5) is 37.8. The van der Waals surface area contributed by atoms with Gasteiger partial charge in [0.2, 0.25) is 0 Å². The maximum absolute atomic E-state index is 11.5. The number of rotatable bonds is 10. The first-order valence-electron chi connectivity index (χ1n) is 8.87. The number of nitrogens with one attached hydrogen (secondary N) is 1. The Morgan fingerprint density at radius 2 is 1.64 bits per heavy atom. The fourth-order valence-electron chi connectivity index (χ4n) is 1.96. The van der Waals surface area contributed by atoms with Gasteiger partial charge in [-0.1, -0.05) is 6.42 Å². The van der Waals surface area contributed by atoms with E-state index >= 15 is 0 Å². The molecule has 0 aliphatic rings. The van der Waals surface area contributed by atoms with E-state index in [0.29, 0.717) is 13.0 Å². The molecule has 10 heteroatoms. The highest BCUT2D eigenvalue weighted by Crippen LogP contribution is 2.17. The van der Waals surface area contributed by atoms with Crippen molar-refractivity contribution in [2.75, 3.05) is 13.2 Å². The minimum absolute atomic E-state index is 0.0917. The molecule has 0 aromatic heterocycles. The number of amides is 1. The molecule has 0 atom stereocenters. The number of non-ortho nitro benzene ring substituents is 1. The Balaban J connectivity index is 2.01. The van der Waals surface area contributed by atoms with E-state index in [2.05, 4.69) is 5.48 Å². The quantitative estimate of drug-likeness (QED) is 0.205. The highest BCUT2D eigenvalue weighted by atomic mass is 16.7. The fraction of sp³-hybridized carbons (Fsp3) is 0.556. The van der Waals surface area contributed by atoms with Crippen LogP contribution in [0.5, 0.6) is 5.75 Å². The molecule has 0 radical (unpaired) electrons. The van der Waals surface area contributed by atoms with E-state index in [4.69, 9.17) is 19.0 Å². The summed E-state index contributed by atoms with van der Waals surface area (Å²) in [6.45, 7) is 5.83. The number of hydrogen-bond donors (Lipinski definition) is 1. The van der Waals surface area contributed by atoms with Crippen LogP contribution in [-0.2, 0) is 14.3 Å². The van der Waals surface area contributed by atoms with Gasteiger partial charge in [0.25, 0.3) is 5.69 Å². The summed E-state index contributed by atoms with van der Waals surface area (Å²) in [6, 6.07) is 5.13. The largest absolute Gasteiger partial charge is 0.513 e. The van der Waals surface area contributed by atoms with Crippen molar-refractivity contribution < 1.29 is 33.6 Å². The molecule has 156 valence electrons. The Labute approximate surface area is 163 Å². The molecule has 10 nitrogen and oxygen atoms in total. The Morgan fingerprint density at radius 3 is 2.21 bits per heavy atom. The predicted molar refractivity (Wildman–Crippen MR) is 98.9 cm³/mol. The third kappa shape index (κ3) is 11.0. The molecule has 1 aromatic rings. The number of hydrogen-bond acceptors (Lipinski definition) is 8. The number of hydroxylamine groups is 1. The molecule has 0 fully saturated rings. The summed E-state index contributed by atoms with van der Waals surface area (Å²) in [5.74, 6) is 0.172. The number of ether oxygens (including phenoxy) is 3. The average Bonchev–Trinajstić information content (AvgIpc) is 2.59. The zero-order valence-electron chi connectivity index (χ0n) is 16.3. The van der Waals surface area contributed by atoms with E-state index in [1.807, 2.05) is 0 Å². The van der Waals surface area contributed by atoms with Gasteiger partial charge in [-0.15, -0.1) is 0 Å². The monoisotopic (exact) mass is 398 g/mol. The number of carbonyl (C=O) groups excluding carboxylic acids is 2. The van der Waals surface area contributed by atoms with Crippen molar-refractivity contribution in [3.63, 3.8) is 0 Å². The van der Waals surface area contributed by atoms with Crippen molar-refractivity contribution in [1.82, 2.24) is 5.48 Å². The van der Waals surface area contributed by atoms with Gasteiger partial charge in [0, 0.05) is 12.1 Å². The predicted octanol–water partition coefficient (Wildman–Crippen LogP) is 4.13. The molecular formula is C18H26N2O8. The van der Waals surface area contributed by atoms with Gasteiger partial charge in [0.15, 0.2) is 0 Å². The smallest absolute Gasteiger partial charge is 0.442 e. The molecular weight excluding hydrogens is 372 g/mol. The zero-order chi connectivity index (χ0) is 21.0. The molecule has 1 amide bonds. The van der Waals surface area contributed by atoms with Crippen LogP contribution in [0.25, 0.3) is 0 Å². The number of carbonyl (C=O) groups is 2. The second-order valence-electron chi connectivity index (χ2n) is 6.82. The lowest BCUT2D eigenvalue weighted by Crippen LogP contribution is -2.32. The van der Waals surface area contributed by atoms with Gasteiger partial charge in [-0.05, 0) is 52.2 Å². The van der Waals surface area contributed by atoms with E-state index in [9.17, 15) is 19.7 Å². The van der Waals surface area contributed by atoms with Crippen LogP contribution in [-0.4, -0.2) is 36.0 Å². The first kappa shape index (κ1) is 23.2. The van der Waals surface area contributed by atoms with Gasteiger partial charge < -0.3 is 14.2 Å². The lowest BCUT2D eigenvalue weighted by Gasteiger charge is -2.19. The van der Waals surface area contributed by atoms with E-state index < -0.39 is 22.8 Å². The van der Waals surface area contributed by atoms with E-state index in [1.165, 1.54) is 24.3 Å². The normalized spacial score (nSPS) is 10.8. The second-order valence-corrected chi connectivity index (χ2v) is 6.82. The first-order valence-corrected chi connectivity index (χ1v) is 8.87. The molecule has 0 aliphatic heterocycles. The maximum atomic E-state index is 11.5. The van der Waals surface area contributed by atoms with Crippen molar-refractivity contribution in [2.24, 2.45) is 0 Å². The van der Waals surface area contributed by atoms with Gasteiger partial charge >= 0.3 is 12.2 Å². The number of nitro benzene ring substituents is 1. The van der Waals surface area contributed by atoms with Crippen LogP contribution >= 0.6 is 0 Å². The first-order chi connectivity index (χ1) is 13.2. The Bertz CT molecular complexity index is 640. The summed E-state index contributed by atoms with van der Waals surface area (Å²) in [7, 11) is 0. The molecule has 0 spiro atoms. The zero-order valence-corrected chi connectivity index (χ0v) is 16.3. The third-order valence-electron chi connectivity index (χ3n) is 3.16. The molecule has 1 rings (SSSR count). The van der Waals surface area contributed by atoms with E-state index in [-0.39, 0.29) is 18.0 Å². The van der Waals surface area contributed by atoms with Crippen LogP contribution in [0.15, 0.2) is 24.3 Å². The van der Waals surface area contributed by atoms with Crippen molar-refractivity contribution in [3.8, 4) is 5.75 Å². The molecule has 0 saturated carbocycles. The number of unbranched alkanes of at least 4 members (excludes halogenated alkanes) is 3. The Kier molecular flexibility index (Phi) is 9.72. The van der Waals surface area contributed by atoms with Crippen LogP contribution in [0, 0.1) is 10.1 Å². The second kappa shape index (κ2) is 11.8. The summed E-state index contributed by atoms with van der Waals surface area (Å²) < 4.78 is 14.9. The van der Waals surface area contributed by atoms with E-state index in [1.54, 1.807) is 20.8 Å². The summed E-state index contributed by atoms with van der Waals surface area (Å²) >= 11 is 0. The minimum Gasteiger partial charge on any atom is -0.442 e. The van der Waals surface area contributed by atoms with Crippen LogP contribution in [0.4, 0.5) is 15.3 Å². The Hall–Kier alpha value is -2.88. The van der Waals surface area contributed by atoms with Gasteiger partial charge in [-0.3, -0.25) is 15.0 Å². The molecule has 1 N–H and O–H groups in total. The third-order valence-corrected chi connectivity index (χ3v) is 3.16. The molecule has 1 aromatic carbocycles. The molecule has 28 heavy (non-hydrogen) atoms.